The normalized spacial score (nSPS) is 32.2. The van der Waals surface area contributed by atoms with Crippen LogP contribution >= 0.6 is 0 Å². The van der Waals surface area contributed by atoms with E-state index in [0.717, 1.165) is 6.42 Å². The Balaban J connectivity index is 1.63. The molecule has 7 heteroatoms. The summed E-state index contributed by atoms with van der Waals surface area (Å²) < 4.78 is 18.7. The van der Waals surface area contributed by atoms with Crippen molar-refractivity contribution in [2.24, 2.45) is 28.1 Å². The third kappa shape index (κ3) is 3.15. The molecule has 1 saturated carbocycles. The van der Waals surface area contributed by atoms with E-state index in [1.165, 1.54) is 0 Å². The molecule has 1 aliphatic carbocycles. The predicted octanol–water partition coefficient (Wildman–Crippen LogP) is 6.26. The lowest BCUT2D eigenvalue weighted by atomic mass is 9.49. The van der Waals surface area contributed by atoms with Gasteiger partial charge in [-0.3, -0.25) is 5.41 Å². The standard InChI is InChI=1S/C29H28N4O3/c1-26(2,3)20-12-13-29-23(15-20)28(18-32,25(33)36-29)27(16-30,17-31)24(35-29)19-8-7-11-22(14-19)34-21-9-5-4-6-10-21/h4-11,14,20,23-24,33H,12-13,15H2,1-3H3. The first-order valence-corrected chi connectivity index (χ1v) is 12.2. The van der Waals surface area contributed by atoms with Gasteiger partial charge in [-0.2, -0.15) is 15.8 Å². The molecule has 2 bridgehead atoms. The smallest absolute Gasteiger partial charge is 0.217 e. The lowest BCUT2D eigenvalue weighted by Crippen LogP contribution is -2.61. The van der Waals surface area contributed by atoms with Gasteiger partial charge in [0.25, 0.3) is 0 Å². The molecule has 5 rings (SSSR count). The van der Waals surface area contributed by atoms with E-state index in [1.54, 1.807) is 24.3 Å². The highest BCUT2D eigenvalue weighted by Gasteiger charge is 2.81. The lowest BCUT2D eigenvalue weighted by Gasteiger charge is -2.54. The van der Waals surface area contributed by atoms with Crippen molar-refractivity contribution in [1.82, 2.24) is 0 Å². The Labute approximate surface area is 211 Å². The molecule has 3 fully saturated rings. The van der Waals surface area contributed by atoms with Gasteiger partial charge < -0.3 is 14.2 Å². The highest BCUT2D eigenvalue weighted by atomic mass is 16.7. The van der Waals surface area contributed by atoms with Crippen molar-refractivity contribution in [2.75, 3.05) is 0 Å². The summed E-state index contributed by atoms with van der Waals surface area (Å²) in [7, 11) is 0. The highest BCUT2D eigenvalue weighted by molar-refractivity contribution is 5.89. The minimum Gasteiger partial charge on any atom is -0.457 e. The van der Waals surface area contributed by atoms with E-state index in [4.69, 9.17) is 19.6 Å². The van der Waals surface area contributed by atoms with Crippen LogP contribution in [0.3, 0.4) is 0 Å². The van der Waals surface area contributed by atoms with Gasteiger partial charge in [0.15, 0.2) is 5.41 Å². The fourth-order valence-electron chi connectivity index (χ4n) is 6.29. The van der Waals surface area contributed by atoms with Crippen LogP contribution in [0.15, 0.2) is 54.6 Å². The fraction of sp³-hybridized carbons (Fsp3) is 0.448. The van der Waals surface area contributed by atoms with Crippen molar-refractivity contribution in [1.29, 1.82) is 21.2 Å². The maximum Gasteiger partial charge on any atom is 0.217 e. The Morgan fingerprint density at radius 3 is 2.31 bits per heavy atom. The van der Waals surface area contributed by atoms with Crippen LogP contribution in [0.25, 0.3) is 0 Å². The van der Waals surface area contributed by atoms with Crippen LogP contribution in [-0.4, -0.2) is 11.7 Å². The van der Waals surface area contributed by atoms with Crippen LogP contribution in [0, 0.1) is 67.5 Å². The second-order valence-corrected chi connectivity index (χ2v) is 11.1. The average Bonchev–Trinajstić information content (AvgIpc) is 3.07. The summed E-state index contributed by atoms with van der Waals surface area (Å²) in [4.78, 5) is 0. The van der Waals surface area contributed by atoms with E-state index < -0.39 is 28.6 Å². The molecule has 182 valence electrons. The molecule has 0 aromatic heterocycles. The minimum atomic E-state index is -1.98. The summed E-state index contributed by atoms with van der Waals surface area (Å²) in [5, 5.41) is 40.5. The van der Waals surface area contributed by atoms with Crippen molar-refractivity contribution >= 4 is 5.90 Å². The molecular weight excluding hydrogens is 452 g/mol. The van der Waals surface area contributed by atoms with Gasteiger partial charge in [-0.15, -0.1) is 0 Å². The van der Waals surface area contributed by atoms with E-state index in [0.29, 0.717) is 29.9 Å². The Morgan fingerprint density at radius 1 is 0.972 bits per heavy atom. The Kier molecular flexibility index (Phi) is 5.36. The largest absolute Gasteiger partial charge is 0.457 e. The highest BCUT2D eigenvalue weighted by Crippen LogP contribution is 2.70. The molecular formula is C29H28N4O3. The van der Waals surface area contributed by atoms with Crippen molar-refractivity contribution in [3.8, 4) is 29.7 Å². The summed E-state index contributed by atoms with van der Waals surface area (Å²) in [5.41, 5.74) is -3.24. The zero-order chi connectivity index (χ0) is 25.8. The minimum absolute atomic E-state index is 0.0399. The van der Waals surface area contributed by atoms with Crippen molar-refractivity contribution in [3.63, 3.8) is 0 Å². The van der Waals surface area contributed by atoms with E-state index in [1.807, 2.05) is 30.3 Å². The van der Waals surface area contributed by atoms with Gasteiger partial charge in [-0.1, -0.05) is 51.1 Å². The molecule has 5 atom stereocenters. The third-order valence-corrected chi connectivity index (χ3v) is 8.27. The van der Waals surface area contributed by atoms with Crippen LogP contribution < -0.4 is 4.74 Å². The molecule has 2 aliphatic heterocycles. The molecule has 5 unspecified atom stereocenters. The quantitative estimate of drug-likeness (QED) is 0.553. The molecule has 2 saturated heterocycles. The molecule has 2 aromatic rings. The van der Waals surface area contributed by atoms with Crippen molar-refractivity contribution in [3.05, 3.63) is 60.2 Å². The van der Waals surface area contributed by atoms with E-state index in [2.05, 4.69) is 39.0 Å². The Bertz CT molecular complexity index is 1320. The first-order chi connectivity index (χ1) is 17.2. The molecule has 0 amide bonds. The Morgan fingerprint density at radius 2 is 1.67 bits per heavy atom. The van der Waals surface area contributed by atoms with Gasteiger partial charge in [-0.25, -0.2) is 0 Å². The first-order valence-electron chi connectivity index (χ1n) is 12.2. The van der Waals surface area contributed by atoms with Gasteiger partial charge in [-0.05, 0) is 54.0 Å². The van der Waals surface area contributed by atoms with Crippen LogP contribution in [0.5, 0.6) is 11.5 Å². The van der Waals surface area contributed by atoms with Crippen molar-refractivity contribution in [2.45, 2.75) is 51.9 Å². The number of para-hydroxylation sites is 1. The van der Waals surface area contributed by atoms with E-state index in [-0.39, 0.29) is 17.2 Å². The number of ether oxygens (including phenoxy) is 3. The first kappa shape index (κ1) is 23.9. The van der Waals surface area contributed by atoms with E-state index in [9.17, 15) is 15.8 Å². The molecule has 1 N–H and O–H groups in total. The maximum atomic E-state index is 10.6. The fourth-order valence-corrected chi connectivity index (χ4v) is 6.29. The summed E-state index contributed by atoms with van der Waals surface area (Å²) >= 11 is 0. The summed E-state index contributed by atoms with van der Waals surface area (Å²) in [6.07, 6.45) is 0.714. The zero-order valence-electron chi connectivity index (χ0n) is 20.6. The summed E-state index contributed by atoms with van der Waals surface area (Å²) in [5.74, 6) is -0.782. The number of benzene rings is 2. The second-order valence-electron chi connectivity index (χ2n) is 11.1. The SMILES string of the molecule is CC(C)(C)C1CCC23OC(=N)C(C#N)(C2C1)C(C#N)(C#N)C(c1cccc(Oc2ccccc2)c1)O3. The summed E-state index contributed by atoms with van der Waals surface area (Å²) in [6, 6.07) is 22.9. The number of nitriles is 3. The van der Waals surface area contributed by atoms with Crippen molar-refractivity contribution < 1.29 is 14.2 Å². The zero-order valence-corrected chi connectivity index (χ0v) is 20.6. The molecule has 3 aliphatic rings. The van der Waals surface area contributed by atoms with E-state index >= 15 is 0 Å². The number of nitrogens with one attached hydrogen (secondary N) is 1. The molecule has 2 aromatic carbocycles. The molecule has 2 heterocycles. The predicted molar refractivity (Wildman–Crippen MR) is 130 cm³/mol. The third-order valence-electron chi connectivity index (χ3n) is 8.27. The summed E-state index contributed by atoms with van der Waals surface area (Å²) in [6.45, 7) is 6.44. The maximum absolute atomic E-state index is 10.6. The van der Waals surface area contributed by atoms with Crippen LogP contribution in [0.4, 0.5) is 0 Å². The van der Waals surface area contributed by atoms with Gasteiger partial charge in [0.2, 0.25) is 17.1 Å². The number of hydrogen-bond acceptors (Lipinski definition) is 7. The topological polar surface area (TPSA) is 123 Å². The number of hydrogen-bond donors (Lipinski definition) is 1. The van der Waals surface area contributed by atoms with Crippen LogP contribution in [-0.2, 0) is 9.47 Å². The van der Waals surface area contributed by atoms with Gasteiger partial charge in [0, 0.05) is 6.42 Å². The van der Waals surface area contributed by atoms with Gasteiger partial charge >= 0.3 is 0 Å². The van der Waals surface area contributed by atoms with Crippen LogP contribution in [0.2, 0.25) is 0 Å². The molecule has 36 heavy (non-hydrogen) atoms. The van der Waals surface area contributed by atoms with Gasteiger partial charge in [0.1, 0.15) is 17.6 Å². The molecule has 7 nitrogen and oxygen atoms in total. The second kappa shape index (κ2) is 8.09. The molecule has 0 spiro atoms. The Hall–Kier alpha value is -3.86. The number of nitrogens with zero attached hydrogens (tertiary/aromatic N) is 3. The average molecular weight is 481 g/mol. The van der Waals surface area contributed by atoms with Crippen LogP contribution in [0.1, 0.15) is 51.7 Å². The monoisotopic (exact) mass is 480 g/mol. The number of rotatable bonds is 3. The lowest BCUT2D eigenvalue weighted by molar-refractivity contribution is -0.301. The molecule has 0 radical (unpaired) electrons. The van der Waals surface area contributed by atoms with Gasteiger partial charge in [0.05, 0.1) is 24.1 Å².